The monoisotopic (exact) mass is 468 g/mol. The molecule has 0 aromatic heterocycles. The Kier molecular flexibility index (Phi) is 9.50. The predicted octanol–water partition coefficient (Wildman–Crippen LogP) is 3.38. The number of halogens is 1. The molecule has 0 radical (unpaired) electrons. The van der Waals surface area contributed by atoms with Crippen molar-refractivity contribution in [3.63, 3.8) is 0 Å². The van der Waals surface area contributed by atoms with E-state index in [9.17, 15) is 4.79 Å². The topological polar surface area (TPSA) is 88.7 Å². The molecule has 7 heteroatoms. The summed E-state index contributed by atoms with van der Waals surface area (Å²) in [6.45, 7) is 3.07. The third kappa shape index (κ3) is 6.91. The van der Waals surface area contributed by atoms with Gasteiger partial charge in [0.2, 0.25) is 0 Å². The highest BCUT2D eigenvalue weighted by molar-refractivity contribution is 14.0. The molecular formula is C19H25IN4O2. The third-order valence-electron chi connectivity index (χ3n) is 3.50. The Morgan fingerprint density at radius 1 is 1.19 bits per heavy atom. The Morgan fingerprint density at radius 3 is 2.69 bits per heavy atom. The van der Waals surface area contributed by atoms with Crippen LogP contribution in [0.1, 0.15) is 29.3 Å². The number of aliphatic imine (C=N–C) groups is 1. The summed E-state index contributed by atoms with van der Waals surface area (Å²) in [5, 5.41) is 5.88. The number of nitrogens with zero attached hydrogens (tertiary/aromatic N) is 1. The molecule has 0 saturated carbocycles. The summed E-state index contributed by atoms with van der Waals surface area (Å²) in [6.07, 6.45) is 0.905. The lowest BCUT2D eigenvalue weighted by Crippen LogP contribution is -2.24. The van der Waals surface area contributed by atoms with Gasteiger partial charge in [-0.1, -0.05) is 25.1 Å². The summed E-state index contributed by atoms with van der Waals surface area (Å²) in [5.41, 5.74) is 8.27. The lowest BCUT2D eigenvalue weighted by Gasteiger charge is -2.08. The van der Waals surface area contributed by atoms with E-state index in [1.165, 1.54) is 0 Å². The Labute approximate surface area is 171 Å². The van der Waals surface area contributed by atoms with Gasteiger partial charge in [-0.2, -0.15) is 0 Å². The van der Waals surface area contributed by atoms with Crippen molar-refractivity contribution in [1.29, 1.82) is 0 Å². The quantitative estimate of drug-likeness (QED) is 0.330. The summed E-state index contributed by atoms with van der Waals surface area (Å²) < 4.78 is 5.17. The molecule has 2 rings (SSSR count). The lowest BCUT2D eigenvalue weighted by atomic mass is 10.1. The van der Waals surface area contributed by atoms with Crippen LogP contribution in [0.5, 0.6) is 5.75 Å². The Balaban J connectivity index is 0.00000338. The van der Waals surface area contributed by atoms with E-state index in [4.69, 9.17) is 10.5 Å². The van der Waals surface area contributed by atoms with Crippen molar-refractivity contribution in [3.8, 4) is 5.75 Å². The van der Waals surface area contributed by atoms with Gasteiger partial charge in [0, 0.05) is 23.9 Å². The highest BCUT2D eigenvalue weighted by atomic mass is 127. The van der Waals surface area contributed by atoms with Crippen molar-refractivity contribution in [2.24, 2.45) is 10.7 Å². The standard InChI is InChI=1S/C19H24N4O2.HI/c1-3-10-21-18(24)15-7-4-6-14(11-15)13-22-19(20)23-16-8-5-9-17(12-16)25-2;/h4-9,11-12H,3,10,13H2,1-2H3,(H,21,24)(H3,20,22,23);1H. The molecule has 2 aromatic carbocycles. The van der Waals surface area contributed by atoms with Crippen molar-refractivity contribution in [2.75, 3.05) is 19.0 Å². The van der Waals surface area contributed by atoms with Gasteiger partial charge in [0.1, 0.15) is 5.75 Å². The molecule has 0 saturated heterocycles. The number of amides is 1. The van der Waals surface area contributed by atoms with Gasteiger partial charge in [0.05, 0.1) is 13.7 Å². The molecule has 4 N–H and O–H groups in total. The molecule has 0 heterocycles. The largest absolute Gasteiger partial charge is 0.497 e. The van der Waals surface area contributed by atoms with Crippen molar-refractivity contribution in [3.05, 3.63) is 59.7 Å². The summed E-state index contributed by atoms with van der Waals surface area (Å²) in [4.78, 5) is 16.3. The first kappa shape index (κ1) is 21.8. The summed E-state index contributed by atoms with van der Waals surface area (Å²) >= 11 is 0. The molecule has 2 aromatic rings. The average molecular weight is 468 g/mol. The van der Waals surface area contributed by atoms with Crippen LogP contribution in [0, 0.1) is 0 Å². The van der Waals surface area contributed by atoms with Crippen LogP contribution < -0.4 is 21.1 Å². The van der Waals surface area contributed by atoms with Crippen LogP contribution in [-0.2, 0) is 6.54 Å². The summed E-state index contributed by atoms with van der Waals surface area (Å²) in [5.74, 6) is 0.966. The Bertz CT molecular complexity index is 750. The second-order valence-electron chi connectivity index (χ2n) is 5.51. The fourth-order valence-corrected chi connectivity index (χ4v) is 2.22. The molecule has 0 aliphatic rings. The van der Waals surface area contributed by atoms with Gasteiger partial charge in [-0.25, -0.2) is 4.99 Å². The highest BCUT2D eigenvalue weighted by Crippen LogP contribution is 2.16. The molecule has 0 aliphatic carbocycles. The van der Waals surface area contributed by atoms with Crippen LogP contribution >= 0.6 is 24.0 Å². The third-order valence-corrected chi connectivity index (χ3v) is 3.50. The number of anilines is 1. The maximum Gasteiger partial charge on any atom is 0.251 e. The van der Waals surface area contributed by atoms with Crippen molar-refractivity contribution < 1.29 is 9.53 Å². The van der Waals surface area contributed by atoms with Gasteiger partial charge in [0.25, 0.3) is 5.91 Å². The van der Waals surface area contributed by atoms with E-state index < -0.39 is 0 Å². The van der Waals surface area contributed by atoms with E-state index in [1.807, 2.05) is 49.4 Å². The molecule has 6 nitrogen and oxygen atoms in total. The summed E-state index contributed by atoms with van der Waals surface area (Å²) in [6, 6.07) is 14.8. The molecule has 0 spiro atoms. The van der Waals surface area contributed by atoms with Crippen molar-refractivity contribution in [1.82, 2.24) is 5.32 Å². The first-order valence-corrected chi connectivity index (χ1v) is 8.20. The number of nitrogens with one attached hydrogen (secondary N) is 2. The number of benzene rings is 2. The number of hydrogen-bond acceptors (Lipinski definition) is 3. The molecule has 0 aliphatic heterocycles. The van der Waals surface area contributed by atoms with E-state index in [1.54, 1.807) is 13.2 Å². The smallest absolute Gasteiger partial charge is 0.251 e. The van der Waals surface area contributed by atoms with Crippen LogP contribution in [0.25, 0.3) is 0 Å². The zero-order chi connectivity index (χ0) is 18.1. The Hall–Kier alpha value is -2.29. The second-order valence-corrected chi connectivity index (χ2v) is 5.51. The molecule has 0 bridgehead atoms. The van der Waals surface area contributed by atoms with E-state index in [0.717, 1.165) is 23.4 Å². The number of guanidine groups is 1. The minimum atomic E-state index is -0.0739. The molecule has 26 heavy (non-hydrogen) atoms. The average Bonchev–Trinajstić information content (AvgIpc) is 2.64. The fraction of sp³-hybridized carbons (Fsp3) is 0.263. The van der Waals surface area contributed by atoms with Gasteiger partial charge >= 0.3 is 0 Å². The fourth-order valence-electron chi connectivity index (χ4n) is 2.22. The minimum Gasteiger partial charge on any atom is -0.497 e. The number of carbonyl (C=O) groups excluding carboxylic acids is 1. The van der Waals surface area contributed by atoms with Gasteiger partial charge < -0.3 is 21.1 Å². The number of methoxy groups -OCH3 is 1. The normalized spacial score (nSPS) is 10.6. The van der Waals surface area contributed by atoms with Crippen LogP contribution in [0.4, 0.5) is 5.69 Å². The lowest BCUT2D eigenvalue weighted by molar-refractivity contribution is 0.0953. The van der Waals surface area contributed by atoms with Crippen LogP contribution in [-0.4, -0.2) is 25.5 Å². The van der Waals surface area contributed by atoms with Crippen LogP contribution in [0.2, 0.25) is 0 Å². The number of hydrogen-bond donors (Lipinski definition) is 3. The van der Waals surface area contributed by atoms with E-state index in [0.29, 0.717) is 24.6 Å². The first-order valence-electron chi connectivity index (χ1n) is 8.20. The van der Waals surface area contributed by atoms with E-state index in [2.05, 4.69) is 15.6 Å². The SMILES string of the molecule is CCCNC(=O)c1cccc(CN=C(N)Nc2cccc(OC)c2)c1.I. The van der Waals surface area contributed by atoms with Crippen LogP contribution in [0.15, 0.2) is 53.5 Å². The van der Waals surface area contributed by atoms with Gasteiger partial charge in [-0.3, -0.25) is 4.79 Å². The highest BCUT2D eigenvalue weighted by Gasteiger charge is 2.05. The first-order chi connectivity index (χ1) is 12.1. The maximum absolute atomic E-state index is 12.0. The van der Waals surface area contributed by atoms with Crippen molar-refractivity contribution >= 4 is 41.5 Å². The number of nitrogens with two attached hydrogens (primary N) is 1. The number of ether oxygens (including phenoxy) is 1. The second kappa shape index (κ2) is 11.3. The zero-order valence-electron chi connectivity index (χ0n) is 15.0. The predicted molar refractivity (Wildman–Crippen MR) is 116 cm³/mol. The molecule has 0 atom stereocenters. The minimum absolute atomic E-state index is 0. The van der Waals surface area contributed by atoms with E-state index in [-0.39, 0.29) is 29.9 Å². The van der Waals surface area contributed by atoms with Gasteiger partial charge in [-0.05, 0) is 36.2 Å². The molecule has 0 unspecified atom stereocenters. The maximum atomic E-state index is 12.0. The van der Waals surface area contributed by atoms with Crippen molar-refractivity contribution in [2.45, 2.75) is 19.9 Å². The van der Waals surface area contributed by atoms with Gasteiger partial charge in [0.15, 0.2) is 5.96 Å². The molecular weight excluding hydrogens is 443 g/mol. The summed E-state index contributed by atoms with van der Waals surface area (Å²) in [7, 11) is 1.61. The Morgan fingerprint density at radius 2 is 1.96 bits per heavy atom. The molecule has 1 amide bonds. The number of rotatable bonds is 7. The van der Waals surface area contributed by atoms with Crippen LogP contribution in [0.3, 0.4) is 0 Å². The molecule has 140 valence electrons. The van der Waals surface area contributed by atoms with E-state index >= 15 is 0 Å². The molecule has 0 fully saturated rings. The zero-order valence-corrected chi connectivity index (χ0v) is 17.3. The van der Waals surface area contributed by atoms with Gasteiger partial charge in [-0.15, -0.1) is 24.0 Å². The number of carbonyl (C=O) groups is 1.